The maximum absolute atomic E-state index is 10.6. The molecule has 0 radical (unpaired) electrons. The standard InChI is InChI=1S/C17H28O2/c1-14(2)8-6-9-15(3)10-7-11-16(4)12-13-19-17(5)18/h8,10,12H,6-7,9,11,13H2,1-5H3/b15-10+,16-12-. The van der Waals surface area contributed by atoms with E-state index < -0.39 is 0 Å². The number of allylic oxidation sites excluding steroid dienone is 5. The van der Waals surface area contributed by atoms with Crippen molar-refractivity contribution >= 4 is 5.97 Å². The fraction of sp³-hybridized carbons (Fsp3) is 0.588. The van der Waals surface area contributed by atoms with Gasteiger partial charge in [0.05, 0.1) is 0 Å². The van der Waals surface area contributed by atoms with Gasteiger partial charge in [0, 0.05) is 6.92 Å². The van der Waals surface area contributed by atoms with Gasteiger partial charge in [0.25, 0.3) is 0 Å². The molecule has 0 saturated heterocycles. The van der Waals surface area contributed by atoms with Crippen molar-refractivity contribution in [1.82, 2.24) is 0 Å². The second kappa shape index (κ2) is 10.6. The highest BCUT2D eigenvalue weighted by atomic mass is 16.5. The van der Waals surface area contributed by atoms with E-state index >= 15 is 0 Å². The fourth-order valence-electron chi connectivity index (χ4n) is 1.64. The lowest BCUT2D eigenvalue weighted by atomic mass is 10.1. The van der Waals surface area contributed by atoms with Crippen molar-refractivity contribution in [2.75, 3.05) is 6.61 Å². The second-order valence-corrected chi connectivity index (χ2v) is 5.26. The van der Waals surface area contributed by atoms with Crippen molar-refractivity contribution in [3.8, 4) is 0 Å². The fourth-order valence-corrected chi connectivity index (χ4v) is 1.64. The molecule has 0 aliphatic rings. The molecular weight excluding hydrogens is 236 g/mol. The van der Waals surface area contributed by atoms with Crippen LogP contribution in [-0.2, 0) is 9.53 Å². The van der Waals surface area contributed by atoms with E-state index in [-0.39, 0.29) is 5.97 Å². The van der Waals surface area contributed by atoms with E-state index in [0.29, 0.717) is 6.61 Å². The predicted octanol–water partition coefficient (Wildman–Crippen LogP) is 4.97. The average Bonchev–Trinajstić information content (AvgIpc) is 2.27. The number of hydrogen-bond donors (Lipinski definition) is 0. The Balaban J connectivity index is 3.86. The molecule has 0 aliphatic heterocycles. The highest BCUT2D eigenvalue weighted by Crippen LogP contribution is 2.11. The Hall–Kier alpha value is -1.31. The lowest BCUT2D eigenvalue weighted by Crippen LogP contribution is -1.98. The van der Waals surface area contributed by atoms with Gasteiger partial charge in [-0.25, -0.2) is 0 Å². The summed E-state index contributed by atoms with van der Waals surface area (Å²) in [5.41, 5.74) is 4.11. The van der Waals surface area contributed by atoms with Gasteiger partial charge in [-0.1, -0.05) is 28.9 Å². The van der Waals surface area contributed by atoms with Crippen molar-refractivity contribution in [2.24, 2.45) is 0 Å². The molecule has 0 fully saturated rings. The van der Waals surface area contributed by atoms with E-state index in [9.17, 15) is 4.79 Å². The quantitative estimate of drug-likeness (QED) is 0.457. The van der Waals surface area contributed by atoms with Crippen molar-refractivity contribution in [1.29, 1.82) is 0 Å². The zero-order valence-electron chi connectivity index (χ0n) is 13.1. The molecular formula is C17H28O2. The maximum Gasteiger partial charge on any atom is 0.302 e. The number of esters is 1. The molecule has 0 aromatic carbocycles. The number of rotatable bonds is 8. The van der Waals surface area contributed by atoms with Gasteiger partial charge in [-0.05, 0) is 59.5 Å². The summed E-state index contributed by atoms with van der Waals surface area (Å²) >= 11 is 0. The molecule has 0 aromatic heterocycles. The Morgan fingerprint density at radius 3 is 1.89 bits per heavy atom. The molecule has 0 aliphatic carbocycles. The number of carbonyl (C=O) groups excluding carboxylic acids is 1. The molecule has 108 valence electrons. The zero-order valence-corrected chi connectivity index (χ0v) is 13.1. The molecule has 0 unspecified atom stereocenters. The minimum atomic E-state index is -0.223. The van der Waals surface area contributed by atoms with E-state index in [1.807, 2.05) is 6.08 Å². The number of hydrogen-bond acceptors (Lipinski definition) is 2. The highest BCUT2D eigenvalue weighted by molar-refractivity contribution is 5.66. The first-order chi connectivity index (χ1) is 8.91. The van der Waals surface area contributed by atoms with E-state index in [0.717, 1.165) is 25.7 Å². The van der Waals surface area contributed by atoms with Crippen LogP contribution in [0, 0.1) is 0 Å². The smallest absolute Gasteiger partial charge is 0.302 e. The van der Waals surface area contributed by atoms with Crippen LogP contribution in [-0.4, -0.2) is 12.6 Å². The van der Waals surface area contributed by atoms with Crippen LogP contribution < -0.4 is 0 Å². The predicted molar refractivity (Wildman–Crippen MR) is 82.0 cm³/mol. The first-order valence-corrected chi connectivity index (χ1v) is 6.99. The summed E-state index contributed by atoms with van der Waals surface area (Å²) in [6, 6.07) is 0. The largest absolute Gasteiger partial charge is 0.462 e. The van der Waals surface area contributed by atoms with Gasteiger partial charge in [-0.15, -0.1) is 0 Å². The normalized spacial score (nSPS) is 12.3. The molecule has 19 heavy (non-hydrogen) atoms. The van der Waals surface area contributed by atoms with E-state index in [1.54, 1.807) is 0 Å². The van der Waals surface area contributed by atoms with Crippen LogP contribution in [0.4, 0.5) is 0 Å². The summed E-state index contributed by atoms with van der Waals surface area (Å²) in [6.45, 7) is 10.4. The van der Waals surface area contributed by atoms with Crippen LogP contribution in [0.25, 0.3) is 0 Å². The number of carbonyl (C=O) groups is 1. The molecule has 0 amide bonds. The van der Waals surface area contributed by atoms with Crippen LogP contribution in [0.3, 0.4) is 0 Å². The lowest BCUT2D eigenvalue weighted by molar-refractivity contribution is -0.139. The third-order valence-electron chi connectivity index (χ3n) is 2.84. The van der Waals surface area contributed by atoms with E-state index in [4.69, 9.17) is 4.74 Å². The molecule has 0 atom stereocenters. The Morgan fingerprint density at radius 1 is 0.842 bits per heavy atom. The Morgan fingerprint density at radius 2 is 1.37 bits per heavy atom. The summed E-state index contributed by atoms with van der Waals surface area (Å²) < 4.78 is 4.88. The van der Waals surface area contributed by atoms with Crippen LogP contribution in [0.1, 0.15) is 60.3 Å². The second-order valence-electron chi connectivity index (χ2n) is 5.26. The molecule has 0 spiro atoms. The summed E-state index contributed by atoms with van der Waals surface area (Å²) in [6.07, 6.45) is 10.9. The van der Waals surface area contributed by atoms with Crippen molar-refractivity contribution in [3.63, 3.8) is 0 Å². The SMILES string of the molecule is CC(=O)OC/C=C(/C)CC/C=C(\C)CCC=C(C)C. The van der Waals surface area contributed by atoms with Crippen LogP contribution in [0.5, 0.6) is 0 Å². The molecule has 0 bridgehead atoms. The van der Waals surface area contributed by atoms with Crippen LogP contribution >= 0.6 is 0 Å². The molecule has 0 aromatic rings. The van der Waals surface area contributed by atoms with Crippen molar-refractivity contribution < 1.29 is 9.53 Å². The first-order valence-electron chi connectivity index (χ1n) is 6.99. The average molecular weight is 264 g/mol. The third-order valence-corrected chi connectivity index (χ3v) is 2.84. The molecule has 2 heteroatoms. The van der Waals surface area contributed by atoms with Gasteiger partial charge in [0.2, 0.25) is 0 Å². The minimum absolute atomic E-state index is 0.223. The Labute approximate surface area is 118 Å². The Kier molecular flexibility index (Phi) is 9.87. The van der Waals surface area contributed by atoms with E-state index in [2.05, 4.69) is 39.8 Å². The first kappa shape index (κ1) is 17.7. The highest BCUT2D eigenvalue weighted by Gasteiger charge is 1.93. The summed E-state index contributed by atoms with van der Waals surface area (Å²) in [5.74, 6) is -0.223. The van der Waals surface area contributed by atoms with Crippen LogP contribution in [0.15, 0.2) is 34.9 Å². The summed E-state index contributed by atoms with van der Waals surface area (Å²) in [4.78, 5) is 10.6. The molecule has 0 saturated carbocycles. The summed E-state index contributed by atoms with van der Waals surface area (Å²) in [7, 11) is 0. The maximum atomic E-state index is 10.6. The van der Waals surface area contributed by atoms with Gasteiger partial charge < -0.3 is 4.74 Å². The molecule has 2 nitrogen and oxygen atoms in total. The molecule has 0 heterocycles. The van der Waals surface area contributed by atoms with Gasteiger partial charge in [-0.2, -0.15) is 0 Å². The Bertz CT molecular complexity index is 355. The monoisotopic (exact) mass is 264 g/mol. The third kappa shape index (κ3) is 12.9. The molecule has 0 N–H and O–H groups in total. The summed E-state index contributed by atoms with van der Waals surface area (Å²) in [5, 5.41) is 0. The van der Waals surface area contributed by atoms with E-state index in [1.165, 1.54) is 23.6 Å². The minimum Gasteiger partial charge on any atom is -0.462 e. The lowest BCUT2D eigenvalue weighted by Gasteiger charge is -2.02. The van der Waals surface area contributed by atoms with Gasteiger partial charge >= 0.3 is 5.97 Å². The topological polar surface area (TPSA) is 26.3 Å². The van der Waals surface area contributed by atoms with Gasteiger partial charge in [0.1, 0.15) is 6.61 Å². The van der Waals surface area contributed by atoms with Crippen LogP contribution in [0.2, 0.25) is 0 Å². The van der Waals surface area contributed by atoms with Crippen molar-refractivity contribution in [2.45, 2.75) is 60.3 Å². The van der Waals surface area contributed by atoms with Gasteiger partial charge in [-0.3, -0.25) is 4.79 Å². The van der Waals surface area contributed by atoms with Gasteiger partial charge in [0.15, 0.2) is 0 Å². The molecule has 0 rings (SSSR count). The number of ether oxygens (including phenoxy) is 1. The van der Waals surface area contributed by atoms with Crippen molar-refractivity contribution in [3.05, 3.63) is 34.9 Å². The zero-order chi connectivity index (χ0) is 14.7.